The van der Waals surface area contributed by atoms with Crippen LogP contribution in [0.4, 0.5) is 0 Å². The molecule has 9 heavy (non-hydrogen) atoms. The summed E-state index contributed by atoms with van der Waals surface area (Å²) in [5.41, 5.74) is 0. The van der Waals surface area contributed by atoms with Crippen LogP contribution in [0.15, 0.2) is 12.7 Å². The van der Waals surface area contributed by atoms with Gasteiger partial charge in [-0.15, -0.1) is 6.58 Å². The fourth-order valence-corrected chi connectivity index (χ4v) is 1.20. The maximum absolute atomic E-state index is 5.03. The molecule has 0 aromatic heterocycles. The molecular formula is C7H10NS. The fraction of sp³-hybridized carbons (Fsp3) is 0.429. The van der Waals surface area contributed by atoms with Gasteiger partial charge in [0, 0.05) is 19.5 Å². The van der Waals surface area contributed by atoms with E-state index in [0.29, 0.717) is 0 Å². The molecule has 0 amide bonds. The molecule has 1 nitrogen and oxygen atoms in total. The van der Waals surface area contributed by atoms with Crippen LogP contribution in [0.1, 0.15) is 6.42 Å². The van der Waals surface area contributed by atoms with E-state index in [-0.39, 0.29) is 0 Å². The predicted octanol–water partition coefficient (Wildman–Crippen LogP) is 1.41. The quantitative estimate of drug-likeness (QED) is 0.421. The zero-order valence-corrected chi connectivity index (χ0v) is 6.16. The molecule has 0 N–H and O–H groups in total. The lowest BCUT2D eigenvalue weighted by Crippen LogP contribution is -2.22. The number of likely N-dealkylation sites (tertiary alicyclic amines) is 1. The van der Waals surface area contributed by atoms with Crippen LogP contribution < -0.4 is 0 Å². The Morgan fingerprint density at radius 3 is 3.11 bits per heavy atom. The highest BCUT2D eigenvalue weighted by atomic mass is 32.1. The van der Waals surface area contributed by atoms with Gasteiger partial charge in [-0.2, -0.15) is 0 Å². The molecule has 1 saturated heterocycles. The lowest BCUT2D eigenvalue weighted by molar-refractivity contribution is 0.510. The van der Waals surface area contributed by atoms with Crippen LogP contribution in [0.25, 0.3) is 0 Å². The molecule has 49 valence electrons. The molecule has 1 aliphatic heterocycles. The average Bonchev–Trinajstić information content (AvgIpc) is 2.18. The van der Waals surface area contributed by atoms with Gasteiger partial charge in [-0.05, 0) is 6.42 Å². The molecule has 1 fully saturated rings. The molecule has 1 radical (unpaired) electrons. The average molecular weight is 140 g/mol. The molecule has 0 aromatic carbocycles. The lowest BCUT2D eigenvalue weighted by Gasteiger charge is -2.13. The SMILES string of the molecule is C=CCN1CC[CH]C1=S. The van der Waals surface area contributed by atoms with Gasteiger partial charge in [0.2, 0.25) is 0 Å². The summed E-state index contributed by atoms with van der Waals surface area (Å²) < 4.78 is 0. The van der Waals surface area contributed by atoms with Gasteiger partial charge >= 0.3 is 0 Å². The number of nitrogens with zero attached hydrogens (tertiary/aromatic N) is 1. The van der Waals surface area contributed by atoms with E-state index in [1.165, 1.54) is 0 Å². The van der Waals surface area contributed by atoms with Gasteiger partial charge in [0.25, 0.3) is 0 Å². The zero-order chi connectivity index (χ0) is 6.69. The highest BCUT2D eigenvalue weighted by molar-refractivity contribution is 7.80. The molecule has 0 saturated carbocycles. The summed E-state index contributed by atoms with van der Waals surface area (Å²) in [5.74, 6) is 0. The molecule has 1 heterocycles. The third-order valence-electron chi connectivity index (χ3n) is 1.38. The minimum absolute atomic E-state index is 0.898. The molecule has 0 aliphatic carbocycles. The summed E-state index contributed by atoms with van der Waals surface area (Å²) in [4.78, 5) is 3.12. The van der Waals surface area contributed by atoms with E-state index >= 15 is 0 Å². The van der Waals surface area contributed by atoms with Crippen LogP contribution in [0, 0.1) is 6.42 Å². The Hall–Kier alpha value is -0.370. The minimum Gasteiger partial charge on any atom is -0.362 e. The molecule has 0 unspecified atom stereocenters. The second-order valence-electron chi connectivity index (χ2n) is 2.07. The second-order valence-corrected chi connectivity index (χ2v) is 2.48. The van der Waals surface area contributed by atoms with E-state index in [0.717, 1.165) is 24.5 Å². The Kier molecular flexibility index (Phi) is 2.22. The maximum atomic E-state index is 5.03. The van der Waals surface area contributed by atoms with Gasteiger partial charge in [0.1, 0.15) is 0 Å². The summed E-state index contributed by atoms with van der Waals surface area (Å²) in [7, 11) is 0. The fourth-order valence-electron chi connectivity index (χ4n) is 0.920. The van der Waals surface area contributed by atoms with Crippen molar-refractivity contribution in [3.8, 4) is 0 Å². The van der Waals surface area contributed by atoms with Gasteiger partial charge in [-0.3, -0.25) is 0 Å². The van der Waals surface area contributed by atoms with E-state index in [1.54, 1.807) is 0 Å². The largest absolute Gasteiger partial charge is 0.362 e. The molecule has 1 aliphatic rings. The van der Waals surface area contributed by atoms with Crippen molar-refractivity contribution in [1.82, 2.24) is 4.90 Å². The van der Waals surface area contributed by atoms with E-state index in [4.69, 9.17) is 12.2 Å². The zero-order valence-electron chi connectivity index (χ0n) is 5.34. The van der Waals surface area contributed by atoms with Crippen molar-refractivity contribution in [2.45, 2.75) is 6.42 Å². The van der Waals surface area contributed by atoms with Crippen LogP contribution in [-0.2, 0) is 0 Å². The first-order valence-corrected chi connectivity index (χ1v) is 3.48. The predicted molar refractivity (Wildman–Crippen MR) is 43.3 cm³/mol. The van der Waals surface area contributed by atoms with Crippen LogP contribution in [0.5, 0.6) is 0 Å². The lowest BCUT2D eigenvalue weighted by atomic mass is 10.4. The van der Waals surface area contributed by atoms with E-state index in [9.17, 15) is 0 Å². The maximum Gasteiger partial charge on any atom is 0.0821 e. The first-order chi connectivity index (χ1) is 4.34. The summed E-state index contributed by atoms with van der Waals surface area (Å²) in [5, 5.41) is 0. The third-order valence-corrected chi connectivity index (χ3v) is 1.80. The van der Waals surface area contributed by atoms with Crippen molar-refractivity contribution in [2.75, 3.05) is 13.1 Å². The Labute approximate surface area is 61.4 Å². The summed E-state index contributed by atoms with van der Waals surface area (Å²) in [6.07, 6.45) is 5.07. The first kappa shape index (κ1) is 6.75. The Bertz CT molecular complexity index is 131. The van der Waals surface area contributed by atoms with Gasteiger partial charge in [-0.1, -0.05) is 18.3 Å². The first-order valence-electron chi connectivity index (χ1n) is 3.07. The molecule has 2 heteroatoms. The second kappa shape index (κ2) is 2.97. The van der Waals surface area contributed by atoms with E-state index < -0.39 is 0 Å². The van der Waals surface area contributed by atoms with Crippen molar-refractivity contribution in [3.05, 3.63) is 19.1 Å². The minimum atomic E-state index is 0.898. The van der Waals surface area contributed by atoms with Crippen molar-refractivity contribution in [3.63, 3.8) is 0 Å². The molecule has 0 bridgehead atoms. The number of rotatable bonds is 2. The van der Waals surface area contributed by atoms with E-state index in [2.05, 4.69) is 17.9 Å². The topological polar surface area (TPSA) is 3.24 Å². The number of hydrogen-bond acceptors (Lipinski definition) is 1. The summed E-state index contributed by atoms with van der Waals surface area (Å²) >= 11 is 5.03. The normalized spacial score (nSPS) is 18.7. The van der Waals surface area contributed by atoms with Crippen molar-refractivity contribution < 1.29 is 0 Å². The van der Waals surface area contributed by atoms with Crippen LogP contribution in [-0.4, -0.2) is 23.0 Å². The highest BCUT2D eigenvalue weighted by Gasteiger charge is 2.14. The van der Waals surface area contributed by atoms with Crippen molar-refractivity contribution in [1.29, 1.82) is 0 Å². The monoisotopic (exact) mass is 140 g/mol. The van der Waals surface area contributed by atoms with Gasteiger partial charge in [0.05, 0.1) is 4.99 Å². The molecule has 1 rings (SSSR count). The Morgan fingerprint density at radius 1 is 1.89 bits per heavy atom. The van der Waals surface area contributed by atoms with Gasteiger partial charge in [0.15, 0.2) is 0 Å². The van der Waals surface area contributed by atoms with E-state index in [1.807, 2.05) is 6.08 Å². The van der Waals surface area contributed by atoms with Crippen LogP contribution >= 0.6 is 12.2 Å². The van der Waals surface area contributed by atoms with Crippen LogP contribution in [0.2, 0.25) is 0 Å². The standard InChI is InChI=1S/C7H10NS/c1-2-5-8-6-3-4-7(8)9/h2,4H,1,3,5-6H2. The van der Waals surface area contributed by atoms with Crippen molar-refractivity contribution in [2.24, 2.45) is 0 Å². The Morgan fingerprint density at radius 2 is 2.67 bits per heavy atom. The molecule has 0 spiro atoms. The smallest absolute Gasteiger partial charge is 0.0821 e. The number of hydrogen-bond donors (Lipinski definition) is 0. The molecule has 0 aromatic rings. The van der Waals surface area contributed by atoms with Gasteiger partial charge < -0.3 is 4.90 Å². The van der Waals surface area contributed by atoms with Crippen molar-refractivity contribution >= 4 is 17.2 Å². The Balaban J connectivity index is 2.39. The van der Waals surface area contributed by atoms with Crippen LogP contribution in [0.3, 0.4) is 0 Å². The molecule has 0 atom stereocenters. The summed E-state index contributed by atoms with van der Waals surface area (Å²) in [6, 6.07) is 0. The van der Waals surface area contributed by atoms with Gasteiger partial charge in [-0.25, -0.2) is 0 Å². The number of thiocarbonyl (C=S) groups is 1. The molecular weight excluding hydrogens is 130 g/mol. The highest BCUT2D eigenvalue weighted by Crippen LogP contribution is 2.09. The third kappa shape index (κ3) is 1.52. The summed E-state index contributed by atoms with van der Waals surface area (Å²) in [6.45, 7) is 5.62.